The van der Waals surface area contributed by atoms with E-state index in [0.29, 0.717) is 10.6 Å². The number of halogens is 2. The molecule has 0 aliphatic heterocycles. The maximum absolute atomic E-state index is 12.0. The summed E-state index contributed by atoms with van der Waals surface area (Å²) in [6.45, 7) is 2.63. The van der Waals surface area contributed by atoms with E-state index >= 15 is 0 Å². The van der Waals surface area contributed by atoms with Gasteiger partial charge in [0.25, 0.3) is 5.91 Å². The van der Waals surface area contributed by atoms with Crippen molar-refractivity contribution in [2.75, 3.05) is 11.9 Å². The molecule has 0 radical (unpaired) electrons. The summed E-state index contributed by atoms with van der Waals surface area (Å²) in [5, 5.41) is 4.46. The lowest BCUT2D eigenvalue weighted by Crippen LogP contribution is -2.31. The number of hydrogen-bond acceptors (Lipinski definition) is 1. The van der Waals surface area contributed by atoms with E-state index in [2.05, 4.69) is 21.2 Å². The van der Waals surface area contributed by atoms with Gasteiger partial charge in [-0.1, -0.05) is 39.7 Å². The van der Waals surface area contributed by atoms with E-state index in [0.717, 1.165) is 17.4 Å². The van der Waals surface area contributed by atoms with Crippen molar-refractivity contribution in [3.8, 4) is 0 Å². The maximum atomic E-state index is 12.0. The van der Waals surface area contributed by atoms with Crippen LogP contribution in [0.25, 0.3) is 0 Å². The van der Waals surface area contributed by atoms with E-state index in [4.69, 9.17) is 11.6 Å². The monoisotopic (exact) mass is 315 g/mol. The summed E-state index contributed by atoms with van der Waals surface area (Å²) in [7, 11) is 0. The zero-order valence-electron chi connectivity index (χ0n) is 9.72. The predicted molar refractivity (Wildman–Crippen MR) is 74.0 cm³/mol. The quantitative estimate of drug-likeness (QED) is 0.846. The standard InChI is InChI=1S/C13H15BrClNO/c1-9-3-2-4-10(11(9)15)12(17)16-8-13(7-14)5-6-13/h2-4H,5-8H2,1H3,(H,16,17). The van der Waals surface area contributed by atoms with Gasteiger partial charge in [0.05, 0.1) is 10.6 Å². The Bertz CT molecular complexity index is 443. The van der Waals surface area contributed by atoms with Gasteiger partial charge in [0, 0.05) is 11.9 Å². The Morgan fingerprint density at radius 3 is 2.82 bits per heavy atom. The van der Waals surface area contributed by atoms with Crippen LogP contribution in [0.15, 0.2) is 18.2 Å². The molecule has 1 saturated carbocycles. The molecule has 92 valence electrons. The molecule has 1 N–H and O–H groups in total. The van der Waals surface area contributed by atoms with Crippen LogP contribution in [-0.4, -0.2) is 17.8 Å². The second-order valence-electron chi connectivity index (χ2n) is 4.75. The highest BCUT2D eigenvalue weighted by Crippen LogP contribution is 2.46. The van der Waals surface area contributed by atoms with Crippen LogP contribution in [0.2, 0.25) is 5.02 Å². The number of rotatable bonds is 4. The minimum absolute atomic E-state index is 0.0778. The molecule has 0 unspecified atom stereocenters. The van der Waals surface area contributed by atoms with Gasteiger partial charge in [-0.25, -0.2) is 0 Å². The number of nitrogens with one attached hydrogen (secondary N) is 1. The molecule has 0 aromatic heterocycles. The third kappa shape index (κ3) is 2.83. The Labute approximate surface area is 115 Å². The van der Waals surface area contributed by atoms with Gasteiger partial charge in [0.2, 0.25) is 0 Å². The van der Waals surface area contributed by atoms with Crippen molar-refractivity contribution in [2.45, 2.75) is 19.8 Å². The molecule has 1 fully saturated rings. The predicted octanol–water partition coefficient (Wildman–Crippen LogP) is 3.55. The molecule has 0 bridgehead atoms. The number of benzene rings is 1. The number of carbonyl (C=O) groups is 1. The van der Waals surface area contributed by atoms with Crippen LogP contribution < -0.4 is 5.32 Å². The minimum Gasteiger partial charge on any atom is -0.351 e. The third-order valence-electron chi connectivity index (χ3n) is 3.30. The van der Waals surface area contributed by atoms with E-state index < -0.39 is 0 Å². The maximum Gasteiger partial charge on any atom is 0.252 e. The lowest BCUT2D eigenvalue weighted by molar-refractivity contribution is 0.0946. The summed E-state index contributed by atoms with van der Waals surface area (Å²) in [5.74, 6) is -0.0778. The van der Waals surface area contributed by atoms with E-state index in [1.54, 1.807) is 6.07 Å². The van der Waals surface area contributed by atoms with Crippen LogP contribution in [0.4, 0.5) is 0 Å². The largest absolute Gasteiger partial charge is 0.351 e. The number of amides is 1. The lowest BCUT2D eigenvalue weighted by Gasteiger charge is -2.13. The Hall–Kier alpha value is -0.540. The lowest BCUT2D eigenvalue weighted by atomic mass is 10.1. The van der Waals surface area contributed by atoms with E-state index in [-0.39, 0.29) is 11.3 Å². The Morgan fingerprint density at radius 1 is 1.53 bits per heavy atom. The van der Waals surface area contributed by atoms with Crippen molar-refractivity contribution in [1.82, 2.24) is 5.32 Å². The van der Waals surface area contributed by atoms with Crippen LogP contribution in [0.5, 0.6) is 0 Å². The SMILES string of the molecule is Cc1cccc(C(=O)NCC2(CBr)CC2)c1Cl. The molecule has 1 aromatic rings. The van der Waals surface area contributed by atoms with Gasteiger partial charge >= 0.3 is 0 Å². The van der Waals surface area contributed by atoms with Crippen molar-refractivity contribution >= 4 is 33.4 Å². The molecular weight excluding hydrogens is 302 g/mol. The van der Waals surface area contributed by atoms with Crippen LogP contribution in [-0.2, 0) is 0 Å². The first-order chi connectivity index (χ1) is 8.08. The number of aryl methyl sites for hydroxylation is 1. The smallest absolute Gasteiger partial charge is 0.252 e. The molecular formula is C13H15BrClNO. The molecule has 0 heterocycles. The second-order valence-corrected chi connectivity index (χ2v) is 5.69. The molecule has 2 nitrogen and oxygen atoms in total. The molecule has 1 amide bonds. The van der Waals surface area contributed by atoms with Crippen molar-refractivity contribution in [2.24, 2.45) is 5.41 Å². The Balaban J connectivity index is 2.02. The molecule has 0 saturated heterocycles. The van der Waals surface area contributed by atoms with Crippen LogP contribution in [0.3, 0.4) is 0 Å². The van der Waals surface area contributed by atoms with E-state index in [9.17, 15) is 4.79 Å². The summed E-state index contributed by atoms with van der Waals surface area (Å²) >= 11 is 9.61. The van der Waals surface area contributed by atoms with E-state index in [1.807, 2.05) is 19.1 Å². The summed E-state index contributed by atoms with van der Waals surface area (Å²) < 4.78 is 0. The normalized spacial score (nSPS) is 16.6. The first-order valence-electron chi connectivity index (χ1n) is 5.67. The van der Waals surface area contributed by atoms with Crippen molar-refractivity contribution in [3.05, 3.63) is 34.3 Å². The van der Waals surface area contributed by atoms with Crippen LogP contribution >= 0.6 is 27.5 Å². The second kappa shape index (κ2) is 4.99. The molecule has 2 rings (SSSR count). The summed E-state index contributed by atoms with van der Waals surface area (Å²) in [4.78, 5) is 12.0. The highest BCUT2D eigenvalue weighted by atomic mass is 79.9. The topological polar surface area (TPSA) is 29.1 Å². The molecule has 1 aromatic carbocycles. The molecule has 4 heteroatoms. The first-order valence-corrected chi connectivity index (χ1v) is 7.17. The molecule has 0 atom stereocenters. The Kier molecular flexibility index (Phi) is 3.79. The van der Waals surface area contributed by atoms with Gasteiger partial charge in [-0.3, -0.25) is 4.79 Å². The van der Waals surface area contributed by atoms with Crippen molar-refractivity contribution in [1.29, 1.82) is 0 Å². The molecule has 17 heavy (non-hydrogen) atoms. The first kappa shape index (κ1) is 12.9. The number of carbonyl (C=O) groups excluding carboxylic acids is 1. The third-order valence-corrected chi connectivity index (χ3v) is 4.99. The van der Waals surface area contributed by atoms with Crippen molar-refractivity contribution < 1.29 is 4.79 Å². The van der Waals surface area contributed by atoms with Gasteiger partial charge < -0.3 is 5.32 Å². The summed E-state index contributed by atoms with van der Waals surface area (Å²) in [6.07, 6.45) is 2.36. The van der Waals surface area contributed by atoms with Crippen molar-refractivity contribution in [3.63, 3.8) is 0 Å². The zero-order valence-corrected chi connectivity index (χ0v) is 12.1. The number of alkyl halides is 1. The minimum atomic E-state index is -0.0778. The average molecular weight is 317 g/mol. The molecule has 1 aliphatic rings. The average Bonchev–Trinajstić information content (AvgIpc) is 3.10. The molecule has 1 aliphatic carbocycles. The Morgan fingerprint density at radius 2 is 2.24 bits per heavy atom. The fraction of sp³-hybridized carbons (Fsp3) is 0.462. The van der Waals surface area contributed by atoms with Crippen LogP contribution in [0, 0.1) is 12.3 Å². The van der Waals surface area contributed by atoms with Crippen LogP contribution in [0.1, 0.15) is 28.8 Å². The molecule has 0 spiro atoms. The van der Waals surface area contributed by atoms with Gasteiger partial charge in [-0.05, 0) is 36.8 Å². The van der Waals surface area contributed by atoms with E-state index in [1.165, 1.54) is 12.8 Å². The number of hydrogen-bond donors (Lipinski definition) is 1. The highest BCUT2D eigenvalue weighted by molar-refractivity contribution is 9.09. The summed E-state index contributed by atoms with van der Waals surface area (Å²) in [5.41, 5.74) is 1.78. The van der Waals surface area contributed by atoms with Gasteiger partial charge in [-0.15, -0.1) is 0 Å². The van der Waals surface area contributed by atoms with Gasteiger partial charge in [-0.2, -0.15) is 0 Å². The zero-order chi connectivity index (χ0) is 12.5. The summed E-state index contributed by atoms with van der Waals surface area (Å²) in [6, 6.07) is 5.52. The fourth-order valence-corrected chi connectivity index (χ4v) is 2.69. The van der Waals surface area contributed by atoms with Gasteiger partial charge in [0.1, 0.15) is 0 Å². The van der Waals surface area contributed by atoms with Gasteiger partial charge in [0.15, 0.2) is 0 Å². The fourth-order valence-electron chi connectivity index (χ4n) is 1.72. The highest BCUT2D eigenvalue weighted by Gasteiger charge is 2.41.